The summed E-state index contributed by atoms with van der Waals surface area (Å²) in [5.41, 5.74) is 0.867. The number of ether oxygens (including phenoxy) is 1. The summed E-state index contributed by atoms with van der Waals surface area (Å²) in [7, 11) is 0. The topological polar surface area (TPSA) is 9.23 Å². The second kappa shape index (κ2) is 11.0. The highest BCUT2D eigenvalue weighted by molar-refractivity contribution is 7.80. The van der Waals surface area contributed by atoms with Gasteiger partial charge in [0.2, 0.25) is 0 Å². The van der Waals surface area contributed by atoms with Crippen molar-refractivity contribution in [2.24, 2.45) is 0 Å². The molecule has 1 atom stereocenters. The lowest BCUT2D eigenvalue weighted by molar-refractivity contribution is -0.139. The van der Waals surface area contributed by atoms with Gasteiger partial charge in [0.05, 0.1) is 21.0 Å². The van der Waals surface area contributed by atoms with Crippen LogP contribution in [0.15, 0.2) is 36.4 Å². The zero-order valence-electron chi connectivity index (χ0n) is 17.5. The molecule has 0 aliphatic heterocycles. The van der Waals surface area contributed by atoms with Crippen LogP contribution in [0.2, 0.25) is 20.1 Å². The van der Waals surface area contributed by atoms with Gasteiger partial charge >= 0.3 is 6.18 Å². The number of benzene rings is 2. The van der Waals surface area contributed by atoms with Gasteiger partial charge in [-0.05, 0) is 74.3 Å². The highest BCUT2D eigenvalue weighted by Gasteiger charge is 2.39. The van der Waals surface area contributed by atoms with Crippen LogP contribution in [0.25, 0.3) is 6.08 Å². The van der Waals surface area contributed by atoms with E-state index in [4.69, 9.17) is 63.4 Å². The van der Waals surface area contributed by atoms with Crippen LogP contribution in [0.4, 0.5) is 13.2 Å². The molecule has 32 heavy (non-hydrogen) atoms. The first-order valence-corrected chi connectivity index (χ1v) is 11.5. The maximum absolute atomic E-state index is 13.7. The monoisotopic (exact) mass is 542 g/mol. The van der Waals surface area contributed by atoms with Gasteiger partial charge in [-0.25, -0.2) is 0 Å². The number of rotatable bonds is 6. The van der Waals surface area contributed by atoms with E-state index >= 15 is 0 Å². The van der Waals surface area contributed by atoms with Crippen molar-refractivity contribution >= 4 is 69.7 Å². The molecular formula is C23H21Cl4F3OS. The van der Waals surface area contributed by atoms with Crippen molar-refractivity contribution in [3.8, 4) is 0 Å². The van der Waals surface area contributed by atoms with Gasteiger partial charge in [0, 0.05) is 11.4 Å². The van der Waals surface area contributed by atoms with Gasteiger partial charge < -0.3 is 4.74 Å². The third kappa shape index (κ3) is 8.11. The molecule has 2 rings (SSSR count). The van der Waals surface area contributed by atoms with E-state index in [-0.39, 0.29) is 26.2 Å². The second-order valence-electron chi connectivity index (χ2n) is 8.11. The Balaban J connectivity index is 2.20. The molecule has 0 radical (unpaired) electrons. The van der Waals surface area contributed by atoms with Gasteiger partial charge in [0.25, 0.3) is 0 Å². The van der Waals surface area contributed by atoms with Crippen molar-refractivity contribution in [1.29, 1.82) is 0 Å². The fourth-order valence-electron chi connectivity index (χ4n) is 2.87. The van der Waals surface area contributed by atoms with Gasteiger partial charge in [0.1, 0.15) is 5.60 Å². The average Bonchev–Trinajstić information content (AvgIpc) is 2.63. The molecule has 0 aliphatic carbocycles. The SMILES string of the molecule is CC(C)(C)OC(=S)CCc1ccc(/C=C/C(c2cc(Cl)c(Cl)c(Cl)c2)C(F)(F)F)cc1Cl. The number of hydrogen-bond donors (Lipinski definition) is 0. The molecular weight excluding hydrogens is 523 g/mol. The van der Waals surface area contributed by atoms with E-state index in [1.807, 2.05) is 20.8 Å². The van der Waals surface area contributed by atoms with Crippen LogP contribution in [0.3, 0.4) is 0 Å². The van der Waals surface area contributed by atoms with Gasteiger partial charge in [-0.1, -0.05) is 70.7 Å². The van der Waals surface area contributed by atoms with Crippen LogP contribution >= 0.6 is 58.6 Å². The summed E-state index contributed by atoms with van der Waals surface area (Å²) in [4.78, 5) is 0. The molecule has 2 aromatic rings. The first kappa shape index (κ1) is 27.3. The van der Waals surface area contributed by atoms with Crippen LogP contribution in [-0.2, 0) is 11.2 Å². The minimum atomic E-state index is -4.55. The van der Waals surface area contributed by atoms with Crippen LogP contribution in [0.1, 0.15) is 49.8 Å². The summed E-state index contributed by atoms with van der Waals surface area (Å²) in [6.45, 7) is 5.73. The van der Waals surface area contributed by atoms with Gasteiger partial charge in [-0.2, -0.15) is 13.2 Å². The molecule has 0 saturated carbocycles. The first-order valence-electron chi connectivity index (χ1n) is 9.57. The van der Waals surface area contributed by atoms with Crippen molar-refractivity contribution in [3.05, 3.63) is 73.2 Å². The Labute approximate surface area is 211 Å². The maximum Gasteiger partial charge on any atom is 0.399 e. The van der Waals surface area contributed by atoms with Crippen molar-refractivity contribution in [3.63, 3.8) is 0 Å². The van der Waals surface area contributed by atoms with E-state index < -0.39 is 12.1 Å². The highest BCUT2D eigenvalue weighted by Crippen LogP contribution is 2.41. The van der Waals surface area contributed by atoms with E-state index in [0.29, 0.717) is 28.5 Å². The maximum atomic E-state index is 13.7. The normalized spacial score (nSPS) is 13.4. The van der Waals surface area contributed by atoms with E-state index in [2.05, 4.69) is 0 Å². The molecule has 1 unspecified atom stereocenters. The molecule has 1 nitrogen and oxygen atoms in total. The second-order valence-corrected chi connectivity index (χ2v) is 10.2. The lowest BCUT2D eigenvalue weighted by Gasteiger charge is -2.21. The molecule has 0 N–H and O–H groups in total. The summed E-state index contributed by atoms with van der Waals surface area (Å²) in [6, 6.07) is 7.39. The van der Waals surface area contributed by atoms with Crippen LogP contribution < -0.4 is 0 Å². The molecule has 2 aromatic carbocycles. The fourth-order valence-corrected chi connectivity index (χ4v) is 4.12. The number of alkyl halides is 3. The van der Waals surface area contributed by atoms with Crippen LogP contribution in [0, 0.1) is 0 Å². The number of hydrogen-bond acceptors (Lipinski definition) is 2. The third-order valence-electron chi connectivity index (χ3n) is 4.29. The molecule has 0 bridgehead atoms. The van der Waals surface area contributed by atoms with Crippen molar-refractivity contribution in [1.82, 2.24) is 0 Å². The minimum absolute atomic E-state index is 0.0109. The molecule has 0 aromatic heterocycles. The Morgan fingerprint density at radius 2 is 1.59 bits per heavy atom. The van der Waals surface area contributed by atoms with E-state index in [9.17, 15) is 13.2 Å². The smallest absolute Gasteiger partial charge is 0.399 e. The molecule has 9 heteroatoms. The minimum Gasteiger partial charge on any atom is -0.482 e. The van der Waals surface area contributed by atoms with Crippen molar-refractivity contribution < 1.29 is 17.9 Å². The Bertz CT molecular complexity index is 990. The molecule has 174 valence electrons. The van der Waals surface area contributed by atoms with Gasteiger partial charge in [-0.15, -0.1) is 0 Å². The Morgan fingerprint density at radius 1 is 1.00 bits per heavy atom. The van der Waals surface area contributed by atoms with E-state index in [1.54, 1.807) is 18.2 Å². The highest BCUT2D eigenvalue weighted by atomic mass is 35.5. The summed E-state index contributed by atoms with van der Waals surface area (Å²) in [5.74, 6) is -1.92. The van der Waals surface area contributed by atoms with Gasteiger partial charge in [0.15, 0.2) is 5.05 Å². The average molecular weight is 544 g/mol. The number of allylic oxidation sites excluding steroid dienone is 1. The van der Waals surface area contributed by atoms with Crippen molar-refractivity contribution in [2.75, 3.05) is 0 Å². The largest absolute Gasteiger partial charge is 0.482 e. The van der Waals surface area contributed by atoms with Crippen LogP contribution in [-0.4, -0.2) is 16.8 Å². The molecule has 0 fully saturated rings. The lowest BCUT2D eigenvalue weighted by Crippen LogP contribution is -2.23. The number of thiocarbonyl (C=S) groups is 1. The third-order valence-corrected chi connectivity index (χ3v) is 6.13. The fraction of sp³-hybridized carbons (Fsp3) is 0.348. The zero-order chi connectivity index (χ0) is 24.3. The molecule has 0 aliphatic rings. The Kier molecular flexibility index (Phi) is 9.34. The van der Waals surface area contributed by atoms with Crippen LogP contribution in [0.5, 0.6) is 0 Å². The lowest BCUT2D eigenvalue weighted by atomic mass is 9.96. The molecule has 0 saturated heterocycles. The molecule has 0 spiro atoms. The predicted octanol–water partition coefficient (Wildman–Crippen LogP) is 9.73. The summed E-state index contributed by atoms with van der Waals surface area (Å²) >= 11 is 29.3. The Hall–Kier alpha value is -0.980. The van der Waals surface area contributed by atoms with E-state index in [1.165, 1.54) is 6.08 Å². The standard InChI is InChI=1S/C23H21Cl4F3OS/c1-22(2,3)31-20(32)9-7-14-6-4-13(10-17(14)24)5-8-16(23(28,29)30)15-11-18(25)21(27)19(26)12-15/h4-6,8,10-12,16H,7,9H2,1-3H3/b8-5+. The van der Waals surface area contributed by atoms with E-state index in [0.717, 1.165) is 23.8 Å². The summed E-state index contributed by atoms with van der Waals surface area (Å²) in [5, 5.41) is 0.838. The summed E-state index contributed by atoms with van der Waals surface area (Å²) in [6.07, 6.45) is -1.09. The van der Waals surface area contributed by atoms with Gasteiger partial charge in [-0.3, -0.25) is 0 Å². The zero-order valence-corrected chi connectivity index (χ0v) is 21.3. The Morgan fingerprint density at radius 3 is 2.09 bits per heavy atom. The predicted molar refractivity (Wildman–Crippen MR) is 133 cm³/mol. The number of halogens is 7. The summed E-state index contributed by atoms with van der Waals surface area (Å²) < 4.78 is 46.7. The number of aryl methyl sites for hydroxylation is 1. The first-order chi connectivity index (χ1) is 14.7. The van der Waals surface area contributed by atoms with Crippen molar-refractivity contribution in [2.45, 2.75) is 51.3 Å². The quantitative estimate of drug-likeness (QED) is 0.265. The molecule has 0 amide bonds. The molecule has 0 heterocycles.